The zero-order valence-corrected chi connectivity index (χ0v) is 20.0. The van der Waals surface area contributed by atoms with E-state index in [0.29, 0.717) is 37.6 Å². The summed E-state index contributed by atoms with van der Waals surface area (Å²) < 4.78 is 74.0. The van der Waals surface area contributed by atoms with Crippen LogP contribution in [0.25, 0.3) is 11.1 Å². The van der Waals surface area contributed by atoms with Crippen LogP contribution in [0.1, 0.15) is 41.9 Å². The minimum absolute atomic E-state index is 0.0335. The highest BCUT2D eigenvalue weighted by molar-refractivity contribution is 5.66. The summed E-state index contributed by atoms with van der Waals surface area (Å²) in [5, 5.41) is 8.74. The van der Waals surface area contributed by atoms with Gasteiger partial charge in [-0.2, -0.15) is 5.26 Å². The van der Waals surface area contributed by atoms with Crippen molar-refractivity contribution >= 4 is 0 Å². The van der Waals surface area contributed by atoms with E-state index in [4.69, 9.17) is 19.5 Å². The molecule has 190 valence electrons. The molecule has 1 aliphatic rings. The molecule has 3 aromatic carbocycles. The monoisotopic (exact) mass is 509 g/mol. The Morgan fingerprint density at radius 2 is 1.62 bits per heavy atom. The van der Waals surface area contributed by atoms with Crippen molar-refractivity contribution in [3.8, 4) is 29.0 Å². The fraction of sp³-hybridized carbons (Fsp3) is 0.276. The summed E-state index contributed by atoms with van der Waals surface area (Å²) in [5.41, 5.74) is 0.209. The molecule has 1 saturated heterocycles. The lowest BCUT2D eigenvalue weighted by Gasteiger charge is -2.29. The maximum absolute atomic E-state index is 14.9. The maximum Gasteiger partial charge on any atom is 0.183 e. The third kappa shape index (κ3) is 6.36. The first kappa shape index (κ1) is 26.4. The summed E-state index contributed by atoms with van der Waals surface area (Å²) in [6.45, 7) is 4.19. The van der Waals surface area contributed by atoms with Crippen molar-refractivity contribution in [2.75, 3.05) is 26.4 Å². The van der Waals surface area contributed by atoms with Gasteiger partial charge in [-0.25, -0.2) is 17.6 Å². The first-order valence-electron chi connectivity index (χ1n) is 11.7. The summed E-state index contributed by atoms with van der Waals surface area (Å²) in [7, 11) is 0. The van der Waals surface area contributed by atoms with E-state index in [9.17, 15) is 17.6 Å². The number of hydrogen-bond donors (Lipinski definition) is 0. The molecular weight excluding hydrogens is 486 g/mol. The van der Waals surface area contributed by atoms with Crippen LogP contribution >= 0.6 is 0 Å². The predicted octanol–water partition coefficient (Wildman–Crippen LogP) is 6.27. The molecule has 0 atom stereocenters. The lowest BCUT2D eigenvalue weighted by Crippen LogP contribution is -2.28. The molecule has 8 heteroatoms. The van der Waals surface area contributed by atoms with Crippen LogP contribution in [-0.2, 0) is 14.2 Å². The quantitative estimate of drug-likeness (QED) is 0.223. The molecule has 0 radical (unpaired) electrons. The summed E-state index contributed by atoms with van der Waals surface area (Å²) >= 11 is 0. The summed E-state index contributed by atoms with van der Waals surface area (Å²) in [6.07, 6.45) is 0.138. The fourth-order valence-electron chi connectivity index (χ4n) is 3.88. The van der Waals surface area contributed by atoms with Crippen LogP contribution in [0, 0.1) is 52.4 Å². The number of halogens is 4. The van der Waals surface area contributed by atoms with Crippen molar-refractivity contribution in [2.24, 2.45) is 5.92 Å². The third-order valence-electron chi connectivity index (χ3n) is 5.88. The van der Waals surface area contributed by atoms with Crippen LogP contribution in [0.5, 0.6) is 0 Å². The van der Waals surface area contributed by atoms with Gasteiger partial charge in [0.25, 0.3) is 0 Å². The Kier molecular flexibility index (Phi) is 8.58. The van der Waals surface area contributed by atoms with Crippen LogP contribution in [0.3, 0.4) is 0 Å². The van der Waals surface area contributed by atoms with Gasteiger partial charge in [-0.1, -0.05) is 30.0 Å². The second-order valence-electron chi connectivity index (χ2n) is 8.46. The molecule has 0 aliphatic carbocycles. The van der Waals surface area contributed by atoms with E-state index in [-0.39, 0.29) is 22.6 Å². The molecule has 0 saturated carbocycles. The van der Waals surface area contributed by atoms with E-state index in [1.807, 2.05) is 6.92 Å². The van der Waals surface area contributed by atoms with Gasteiger partial charge in [0.05, 0.1) is 18.8 Å². The Bertz CT molecular complexity index is 1360. The highest BCUT2D eigenvalue weighted by Crippen LogP contribution is 2.31. The van der Waals surface area contributed by atoms with Gasteiger partial charge in [0.15, 0.2) is 6.29 Å². The van der Waals surface area contributed by atoms with Gasteiger partial charge in [0.2, 0.25) is 0 Å². The molecule has 1 fully saturated rings. The summed E-state index contributed by atoms with van der Waals surface area (Å²) in [6, 6.07) is 11.7. The van der Waals surface area contributed by atoms with Crippen LogP contribution in [0.15, 0.2) is 48.5 Å². The zero-order valence-electron chi connectivity index (χ0n) is 20.0. The van der Waals surface area contributed by atoms with Crippen LogP contribution in [0.4, 0.5) is 17.6 Å². The van der Waals surface area contributed by atoms with Crippen molar-refractivity contribution < 1.29 is 31.8 Å². The Hall–Kier alpha value is -3.69. The van der Waals surface area contributed by atoms with Crippen molar-refractivity contribution in [2.45, 2.75) is 19.6 Å². The molecule has 37 heavy (non-hydrogen) atoms. The van der Waals surface area contributed by atoms with E-state index in [1.165, 1.54) is 30.3 Å². The van der Waals surface area contributed by atoms with Gasteiger partial charge >= 0.3 is 0 Å². The Balaban J connectivity index is 1.46. The molecule has 0 amide bonds. The molecule has 4 rings (SSSR count). The largest absolute Gasteiger partial charge is 0.382 e. The maximum atomic E-state index is 14.9. The minimum atomic E-state index is -1.05. The highest BCUT2D eigenvalue weighted by Gasteiger charge is 2.24. The molecule has 4 nitrogen and oxygen atoms in total. The fourth-order valence-corrected chi connectivity index (χ4v) is 3.88. The van der Waals surface area contributed by atoms with Gasteiger partial charge in [0, 0.05) is 35.8 Å². The van der Waals surface area contributed by atoms with E-state index >= 15 is 0 Å². The van der Waals surface area contributed by atoms with Crippen LogP contribution < -0.4 is 0 Å². The molecule has 0 bridgehead atoms. The topological polar surface area (TPSA) is 51.5 Å². The SMILES string of the molecule is CCOCCC1COC(c2ccc(-c3ccc(C#Cc4cc(F)c(C#N)c(F)c4)c(F)c3)c(F)c2)OC1. The molecule has 1 heterocycles. The first-order chi connectivity index (χ1) is 17.9. The third-order valence-corrected chi connectivity index (χ3v) is 5.88. The number of rotatable bonds is 6. The first-order valence-corrected chi connectivity index (χ1v) is 11.7. The second-order valence-corrected chi connectivity index (χ2v) is 8.46. The highest BCUT2D eigenvalue weighted by atomic mass is 19.1. The van der Waals surface area contributed by atoms with E-state index in [0.717, 1.165) is 24.6 Å². The number of benzene rings is 3. The molecule has 3 aromatic rings. The lowest BCUT2D eigenvalue weighted by atomic mass is 10.0. The molecule has 0 spiro atoms. The summed E-state index contributed by atoms with van der Waals surface area (Å²) in [4.78, 5) is 0. The van der Waals surface area contributed by atoms with E-state index in [1.54, 1.807) is 6.07 Å². The predicted molar refractivity (Wildman–Crippen MR) is 128 cm³/mol. The Labute approximate surface area is 212 Å². The van der Waals surface area contributed by atoms with Gasteiger partial charge in [-0.3, -0.25) is 0 Å². The average molecular weight is 509 g/mol. The van der Waals surface area contributed by atoms with Crippen molar-refractivity contribution in [1.29, 1.82) is 5.26 Å². The van der Waals surface area contributed by atoms with E-state index < -0.39 is 35.1 Å². The Morgan fingerprint density at radius 1 is 0.892 bits per heavy atom. The number of hydrogen-bond acceptors (Lipinski definition) is 4. The number of nitriles is 1. The smallest absolute Gasteiger partial charge is 0.183 e. The second kappa shape index (κ2) is 12.0. The summed E-state index contributed by atoms with van der Waals surface area (Å²) in [5.74, 6) is 1.82. The zero-order chi connectivity index (χ0) is 26.4. The number of ether oxygens (including phenoxy) is 3. The van der Waals surface area contributed by atoms with Gasteiger partial charge in [-0.05, 0) is 49.2 Å². The molecule has 0 aromatic heterocycles. The molecular formula is C29H23F4NO3. The van der Waals surface area contributed by atoms with E-state index in [2.05, 4.69) is 11.8 Å². The molecule has 1 aliphatic heterocycles. The van der Waals surface area contributed by atoms with Crippen molar-refractivity contribution in [3.05, 3.63) is 94.1 Å². The molecule has 0 N–H and O–H groups in total. The minimum Gasteiger partial charge on any atom is -0.382 e. The van der Waals surface area contributed by atoms with Crippen LogP contribution in [0.2, 0.25) is 0 Å². The van der Waals surface area contributed by atoms with Crippen molar-refractivity contribution in [1.82, 2.24) is 0 Å². The number of nitrogens with zero attached hydrogens (tertiary/aromatic N) is 1. The molecule has 0 unspecified atom stereocenters. The standard InChI is InChI=1S/C29H23F4NO3/c1-2-35-10-9-19-16-36-29(37-17-19)22-7-8-23(28(33)14-22)21-6-5-20(25(30)13-21)4-3-18-11-26(31)24(15-34)27(32)12-18/h5-8,11-14,19,29H,2,9-10,16-17H2,1H3. The van der Waals surface area contributed by atoms with Gasteiger partial charge in [-0.15, -0.1) is 0 Å². The Morgan fingerprint density at radius 3 is 2.24 bits per heavy atom. The van der Waals surface area contributed by atoms with Gasteiger partial charge in [0.1, 0.15) is 34.9 Å². The van der Waals surface area contributed by atoms with Gasteiger partial charge < -0.3 is 14.2 Å². The van der Waals surface area contributed by atoms with Crippen LogP contribution in [-0.4, -0.2) is 26.4 Å². The normalized spacial score (nSPS) is 17.1. The van der Waals surface area contributed by atoms with Crippen molar-refractivity contribution in [3.63, 3.8) is 0 Å². The average Bonchev–Trinajstić information content (AvgIpc) is 2.88. The lowest BCUT2D eigenvalue weighted by molar-refractivity contribution is -0.207.